The Bertz CT molecular complexity index is 807. The molecule has 1 amide bonds. The van der Waals surface area contributed by atoms with Crippen LogP contribution in [0.4, 0.5) is 0 Å². The standard InChI is InChI=1S/C18H22N2O4S/c1-24-17-11-7-6-10-16(17)13-20(25(2,22)23)14-18(21)19-12-15-8-4-3-5-9-15/h3-11H,12-14H2,1-2H3,(H,19,21). The molecule has 0 aliphatic carbocycles. The highest BCUT2D eigenvalue weighted by molar-refractivity contribution is 7.88. The van der Waals surface area contributed by atoms with E-state index in [9.17, 15) is 13.2 Å². The van der Waals surface area contributed by atoms with Crippen LogP contribution in [0.1, 0.15) is 11.1 Å². The fourth-order valence-electron chi connectivity index (χ4n) is 2.33. The molecule has 0 heterocycles. The quantitative estimate of drug-likeness (QED) is 0.777. The topological polar surface area (TPSA) is 75.7 Å². The van der Waals surface area contributed by atoms with Crippen molar-refractivity contribution in [3.05, 3.63) is 65.7 Å². The molecule has 25 heavy (non-hydrogen) atoms. The van der Waals surface area contributed by atoms with Gasteiger partial charge in [-0.2, -0.15) is 4.31 Å². The van der Waals surface area contributed by atoms with Crippen LogP contribution in [0.15, 0.2) is 54.6 Å². The second-order valence-electron chi connectivity index (χ2n) is 5.61. The van der Waals surface area contributed by atoms with Crippen molar-refractivity contribution in [3.8, 4) is 5.75 Å². The zero-order valence-electron chi connectivity index (χ0n) is 14.3. The second-order valence-corrected chi connectivity index (χ2v) is 7.59. The summed E-state index contributed by atoms with van der Waals surface area (Å²) in [4.78, 5) is 12.2. The van der Waals surface area contributed by atoms with Crippen molar-refractivity contribution in [2.45, 2.75) is 13.1 Å². The van der Waals surface area contributed by atoms with E-state index in [2.05, 4.69) is 5.32 Å². The van der Waals surface area contributed by atoms with Crippen molar-refractivity contribution in [2.24, 2.45) is 0 Å². The first kappa shape index (κ1) is 19.0. The normalized spacial score (nSPS) is 11.3. The molecule has 0 aliphatic heterocycles. The van der Waals surface area contributed by atoms with Crippen LogP contribution in [0.3, 0.4) is 0 Å². The number of carbonyl (C=O) groups excluding carboxylic acids is 1. The average molecular weight is 362 g/mol. The van der Waals surface area contributed by atoms with E-state index >= 15 is 0 Å². The number of benzene rings is 2. The van der Waals surface area contributed by atoms with Gasteiger partial charge in [0.1, 0.15) is 5.75 Å². The van der Waals surface area contributed by atoms with Crippen molar-refractivity contribution in [1.82, 2.24) is 9.62 Å². The third-order valence-electron chi connectivity index (χ3n) is 3.66. The number of ether oxygens (including phenoxy) is 1. The molecular weight excluding hydrogens is 340 g/mol. The van der Waals surface area contributed by atoms with Gasteiger partial charge in [0.2, 0.25) is 15.9 Å². The molecule has 2 aromatic rings. The fraction of sp³-hybridized carbons (Fsp3) is 0.278. The van der Waals surface area contributed by atoms with Gasteiger partial charge < -0.3 is 10.1 Å². The van der Waals surface area contributed by atoms with E-state index in [1.54, 1.807) is 24.3 Å². The van der Waals surface area contributed by atoms with Crippen LogP contribution in [-0.2, 0) is 27.9 Å². The summed E-state index contributed by atoms with van der Waals surface area (Å²) in [6.07, 6.45) is 1.09. The lowest BCUT2D eigenvalue weighted by Crippen LogP contribution is -2.39. The van der Waals surface area contributed by atoms with Gasteiger partial charge in [-0.1, -0.05) is 48.5 Å². The number of nitrogens with zero attached hydrogens (tertiary/aromatic N) is 1. The number of amides is 1. The predicted octanol–water partition coefficient (Wildman–Crippen LogP) is 1.77. The number of hydrogen-bond acceptors (Lipinski definition) is 4. The van der Waals surface area contributed by atoms with Crippen molar-refractivity contribution < 1.29 is 17.9 Å². The molecular formula is C18H22N2O4S. The molecule has 134 valence electrons. The van der Waals surface area contributed by atoms with Gasteiger partial charge in [0.05, 0.1) is 19.9 Å². The Morgan fingerprint density at radius 2 is 1.72 bits per heavy atom. The van der Waals surface area contributed by atoms with Gasteiger partial charge in [0.15, 0.2) is 0 Å². The fourth-order valence-corrected chi connectivity index (χ4v) is 3.05. The van der Waals surface area contributed by atoms with Crippen LogP contribution in [-0.4, -0.2) is 38.5 Å². The molecule has 2 rings (SSSR count). The van der Waals surface area contributed by atoms with E-state index in [0.29, 0.717) is 17.9 Å². The molecule has 0 saturated heterocycles. The molecule has 0 saturated carbocycles. The highest BCUT2D eigenvalue weighted by atomic mass is 32.2. The predicted molar refractivity (Wildman–Crippen MR) is 96.5 cm³/mol. The molecule has 0 atom stereocenters. The molecule has 1 N–H and O–H groups in total. The Balaban J connectivity index is 2.04. The minimum atomic E-state index is -3.55. The SMILES string of the molecule is COc1ccccc1CN(CC(=O)NCc1ccccc1)S(C)(=O)=O. The summed E-state index contributed by atoms with van der Waals surface area (Å²) in [5.74, 6) is 0.227. The van der Waals surface area contributed by atoms with Gasteiger partial charge in [-0.15, -0.1) is 0 Å². The smallest absolute Gasteiger partial charge is 0.235 e. The average Bonchev–Trinajstić information content (AvgIpc) is 2.60. The van der Waals surface area contributed by atoms with Gasteiger partial charge in [-0.25, -0.2) is 8.42 Å². The van der Waals surface area contributed by atoms with Crippen LogP contribution >= 0.6 is 0 Å². The van der Waals surface area contributed by atoms with E-state index in [-0.39, 0.29) is 19.0 Å². The molecule has 7 heteroatoms. The first-order chi connectivity index (χ1) is 11.9. The Labute approximate surface area is 148 Å². The van der Waals surface area contributed by atoms with E-state index < -0.39 is 10.0 Å². The lowest BCUT2D eigenvalue weighted by molar-refractivity contribution is -0.121. The van der Waals surface area contributed by atoms with E-state index in [0.717, 1.165) is 16.1 Å². The zero-order chi connectivity index (χ0) is 18.3. The molecule has 0 unspecified atom stereocenters. The summed E-state index contributed by atoms with van der Waals surface area (Å²) in [5.41, 5.74) is 1.65. The highest BCUT2D eigenvalue weighted by Crippen LogP contribution is 2.20. The molecule has 2 aromatic carbocycles. The third-order valence-corrected chi connectivity index (χ3v) is 4.86. The Morgan fingerprint density at radius 1 is 1.08 bits per heavy atom. The van der Waals surface area contributed by atoms with Crippen LogP contribution < -0.4 is 10.1 Å². The first-order valence-electron chi connectivity index (χ1n) is 7.78. The Hall–Kier alpha value is -2.38. The summed E-state index contributed by atoms with van der Waals surface area (Å²) in [7, 11) is -2.03. The minimum absolute atomic E-state index is 0.0710. The van der Waals surface area contributed by atoms with E-state index in [1.807, 2.05) is 30.3 Å². The molecule has 0 radical (unpaired) electrons. The summed E-state index contributed by atoms with van der Waals surface area (Å²) in [6, 6.07) is 16.6. The van der Waals surface area contributed by atoms with Crippen molar-refractivity contribution in [1.29, 1.82) is 0 Å². The van der Waals surface area contributed by atoms with Crippen molar-refractivity contribution >= 4 is 15.9 Å². The number of hydrogen-bond donors (Lipinski definition) is 1. The first-order valence-corrected chi connectivity index (χ1v) is 9.62. The molecule has 0 aromatic heterocycles. The van der Waals surface area contributed by atoms with Crippen LogP contribution in [0, 0.1) is 0 Å². The highest BCUT2D eigenvalue weighted by Gasteiger charge is 2.21. The van der Waals surface area contributed by atoms with Crippen molar-refractivity contribution in [3.63, 3.8) is 0 Å². The minimum Gasteiger partial charge on any atom is -0.496 e. The number of rotatable bonds is 8. The Kier molecular flexibility index (Phi) is 6.55. The lowest BCUT2D eigenvalue weighted by atomic mass is 10.2. The monoisotopic (exact) mass is 362 g/mol. The number of methoxy groups -OCH3 is 1. The van der Waals surface area contributed by atoms with E-state index in [1.165, 1.54) is 7.11 Å². The zero-order valence-corrected chi connectivity index (χ0v) is 15.1. The van der Waals surface area contributed by atoms with Gasteiger partial charge in [0, 0.05) is 18.7 Å². The maximum Gasteiger partial charge on any atom is 0.235 e. The van der Waals surface area contributed by atoms with Crippen LogP contribution in [0.5, 0.6) is 5.75 Å². The van der Waals surface area contributed by atoms with Crippen LogP contribution in [0.2, 0.25) is 0 Å². The maximum absolute atomic E-state index is 12.2. The van der Waals surface area contributed by atoms with Crippen molar-refractivity contribution in [2.75, 3.05) is 19.9 Å². The molecule has 0 aliphatic rings. The summed E-state index contributed by atoms with van der Waals surface area (Å²) < 4.78 is 30.5. The summed E-state index contributed by atoms with van der Waals surface area (Å²) in [5, 5.41) is 2.74. The molecule has 0 bridgehead atoms. The number of carbonyl (C=O) groups is 1. The van der Waals surface area contributed by atoms with Gasteiger partial charge in [-0.05, 0) is 11.6 Å². The maximum atomic E-state index is 12.2. The second kappa shape index (κ2) is 8.64. The number of para-hydroxylation sites is 1. The molecule has 0 spiro atoms. The van der Waals surface area contributed by atoms with Gasteiger partial charge in [-0.3, -0.25) is 4.79 Å². The summed E-state index contributed by atoms with van der Waals surface area (Å²) in [6.45, 7) is 0.178. The number of nitrogens with one attached hydrogen (secondary N) is 1. The van der Waals surface area contributed by atoms with Gasteiger partial charge in [0.25, 0.3) is 0 Å². The number of sulfonamides is 1. The van der Waals surface area contributed by atoms with Crippen LogP contribution in [0.25, 0.3) is 0 Å². The molecule has 0 fully saturated rings. The lowest BCUT2D eigenvalue weighted by Gasteiger charge is -2.20. The van der Waals surface area contributed by atoms with E-state index in [4.69, 9.17) is 4.74 Å². The van der Waals surface area contributed by atoms with Gasteiger partial charge >= 0.3 is 0 Å². The Morgan fingerprint density at radius 3 is 2.36 bits per heavy atom. The third kappa shape index (κ3) is 5.88. The molecule has 6 nitrogen and oxygen atoms in total. The largest absolute Gasteiger partial charge is 0.496 e. The summed E-state index contributed by atoms with van der Waals surface area (Å²) >= 11 is 0.